The fourth-order valence-corrected chi connectivity index (χ4v) is 3.28. The van der Waals surface area contributed by atoms with Crippen molar-refractivity contribution in [2.24, 2.45) is 5.84 Å². The van der Waals surface area contributed by atoms with Crippen LogP contribution in [0, 0.1) is 0 Å². The number of rotatable bonds is 4. The first kappa shape index (κ1) is 12.7. The second kappa shape index (κ2) is 5.78. The van der Waals surface area contributed by atoms with Gasteiger partial charge in [0.05, 0.1) is 0 Å². The number of nitrogen functional groups attached to an aromatic ring is 1. The summed E-state index contributed by atoms with van der Waals surface area (Å²) >= 11 is 2.99. The van der Waals surface area contributed by atoms with E-state index < -0.39 is 0 Å². The van der Waals surface area contributed by atoms with E-state index in [-0.39, 0.29) is 0 Å². The molecule has 1 aliphatic heterocycles. The van der Waals surface area contributed by atoms with E-state index in [2.05, 4.69) is 29.8 Å². The number of hydrogen-bond acceptors (Lipinski definition) is 9. The molecule has 2 aromatic rings. The molecule has 1 fully saturated rings. The first-order valence-electron chi connectivity index (χ1n) is 6.01. The van der Waals surface area contributed by atoms with Gasteiger partial charge in [-0.05, 0) is 0 Å². The van der Waals surface area contributed by atoms with Gasteiger partial charge in [0.2, 0.25) is 0 Å². The topological polar surface area (TPSA) is 83.2 Å². The molecule has 3 heterocycles. The fourth-order valence-electron chi connectivity index (χ4n) is 2.10. The highest BCUT2D eigenvalue weighted by Crippen LogP contribution is 2.21. The summed E-state index contributed by atoms with van der Waals surface area (Å²) in [7, 11) is 0. The Morgan fingerprint density at radius 2 is 2.16 bits per heavy atom. The van der Waals surface area contributed by atoms with Gasteiger partial charge in [-0.25, -0.2) is 10.8 Å². The highest BCUT2D eigenvalue weighted by atomic mass is 32.1. The van der Waals surface area contributed by atoms with E-state index in [1.807, 2.05) is 11.6 Å². The second-order valence-corrected chi connectivity index (χ2v) is 5.90. The number of thiazole rings is 1. The highest BCUT2D eigenvalue weighted by molar-refractivity contribution is 7.13. The number of hydrazine groups is 1. The third-order valence-corrected chi connectivity index (χ3v) is 4.65. The lowest BCUT2D eigenvalue weighted by Crippen LogP contribution is -2.46. The van der Waals surface area contributed by atoms with Crippen molar-refractivity contribution in [3.63, 3.8) is 0 Å². The minimum atomic E-state index is 0.793. The van der Waals surface area contributed by atoms with Gasteiger partial charge in [0, 0.05) is 55.8 Å². The van der Waals surface area contributed by atoms with Crippen LogP contribution in [-0.2, 0) is 6.54 Å². The van der Waals surface area contributed by atoms with Crippen LogP contribution in [0.15, 0.2) is 11.6 Å². The molecule has 3 rings (SSSR count). The molecule has 102 valence electrons. The third kappa shape index (κ3) is 2.84. The molecular weight excluding hydrogens is 282 g/mol. The summed E-state index contributed by atoms with van der Waals surface area (Å²) in [6.45, 7) is 4.79. The Bertz CT molecular complexity index is 504. The van der Waals surface area contributed by atoms with E-state index in [9.17, 15) is 0 Å². The summed E-state index contributed by atoms with van der Waals surface area (Å²) in [5, 5.41) is 8.09. The van der Waals surface area contributed by atoms with E-state index >= 15 is 0 Å². The largest absolute Gasteiger partial charge is 0.346 e. The number of hydrogen-bond donors (Lipinski definition) is 2. The van der Waals surface area contributed by atoms with Crippen molar-refractivity contribution in [1.29, 1.82) is 0 Å². The van der Waals surface area contributed by atoms with Crippen molar-refractivity contribution in [1.82, 2.24) is 19.5 Å². The van der Waals surface area contributed by atoms with Crippen molar-refractivity contribution in [3.05, 3.63) is 17.3 Å². The molecule has 2 aromatic heterocycles. The van der Waals surface area contributed by atoms with Crippen molar-refractivity contribution in [2.75, 3.05) is 36.5 Å². The molecule has 0 atom stereocenters. The normalized spacial score (nSPS) is 16.8. The van der Waals surface area contributed by atoms with Crippen LogP contribution in [0.4, 0.5) is 10.1 Å². The van der Waals surface area contributed by atoms with Crippen LogP contribution in [-0.4, -0.2) is 45.6 Å². The average Bonchev–Trinajstić information content (AvgIpc) is 3.10. The molecule has 3 N–H and O–H groups in total. The summed E-state index contributed by atoms with van der Waals surface area (Å²) < 4.78 is 3.92. The molecule has 19 heavy (non-hydrogen) atoms. The van der Waals surface area contributed by atoms with Gasteiger partial charge in [0.25, 0.3) is 0 Å². The molecule has 0 radical (unpaired) electrons. The number of nitrogens with zero attached hydrogens (tertiary/aromatic N) is 5. The molecular formula is C10H15N7S2. The SMILES string of the molecule is NNc1snnc1CN1CCN(c2nccs2)CC1. The Hall–Kier alpha value is -1.29. The van der Waals surface area contributed by atoms with Gasteiger partial charge < -0.3 is 10.3 Å². The first-order chi connectivity index (χ1) is 9.36. The molecule has 0 amide bonds. The van der Waals surface area contributed by atoms with E-state index in [1.54, 1.807) is 11.3 Å². The van der Waals surface area contributed by atoms with Crippen molar-refractivity contribution < 1.29 is 0 Å². The smallest absolute Gasteiger partial charge is 0.185 e. The van der Waals surface area contributed by atoms with Crippen LogP contribution < -0.4 is 16.2 Å². The summed E-state index contributed by atoms with van der Waals surface area (Å²) in [6, 6.07) is 0. The first-order valence-corrected chi connectivity index (χ1v) is 7.67. The molecule has 0 saturated carbocycles. The third-order valence-electron chi connectivity index (χ3n) is 3.12. The summed E-state index contributed by atoms with van der Waals surface area (Å²) in [4.78, 5) is 9.03. The predicted molar refractivity (Wildman–Crippen MR) is 77.3 cm³/mol. The lowest BCUT2D eigenvalue weighted by Gasteiger charge is -2.34. The van der Waals surface area contributed by atoms with E-state index in [4.69, 9.17) is 5.84 Å². The maximum atomic E-state index is 5.43. The van der Waals surface area contributed by atoms with Crippen LogP contribution in [0.1, 0.15) is 5.69 Å². The second-order valence-electron chi connectivity index (χ2n) is 4.27. The van der Waals surface area contributed by atoms with Crippen molar-refractivity contribution in [2.45, 2.75) is 6.54 Å². The number of nitrogens with two attached hydrogens (primary N) is 1. The molecule has 0 unspecified atom stereocenters. The number of nitrogens with one attached hydrogen (secondary N) is 1. The minimum absolute atomic E-state index is 0.793. The van der Waals surface area contributed by atoms with Crippen LogP contribution in [0.2, 0.25) is 0 Å². The Kier molecular flexibility index (Phi) is 3.87. The Morgan fingerprint density at radius 1 is 1.32 bits per heavy atom. The lowest BCUT2D eigenvalue weighted by atomic mass is 10.3. The maximum Gasteiger partial charge on any atom is 0.185 e. The maximum absolute atomic E-state index is 5.43. The van der Waals surface area contributed by atoms with E-state index in [0.29, 0.717) is 0 Å². The van der Waals surface area contributed by atoms with Gasteiger partial charge in [-0.2, -0.15) is 0 Å². The zero-order valence-corrected chi connectivity index (χ0v) is 12.0. The van der Waals surface area contributed by atoms with E-state index in [1.165, 1.54) is 11.5 Å². The van der Waals surface area contributed by atoms with Crippen molar-refractivity contribution >= 4 is 33.0 Å². The average molecular weight is 297 g/mol. The molecule has 0 aromatic carbocycles. The summed E-state index contributed by atoms with van der Waals surface area (Å²) in [5.74, 6) is 5.43. The Balaban J connectivity index is 1.56. The van der Waals surface area contributed by atoms with E-state index in [0.717, 1.165) is 48.6 Å². The molecule has 9 heteroatoms. The van der Waals surface area contributed by atoms with Crippen LogP contribution in [0.25, 0.3) is 0 Å². The van der Waals surface area contributed by atoms with Gasteiger partial charge in [0.15, 0.2) is 5.13 Å². The lowest BCUT2D eigenvalue weighted by molar-refractivity contribution is 0.247. The van der Waals surface area contributed by atoms with Crippen LogP contribution in [0.5, 0.6) is 0 Å². The molecule has 1 aliphatic rings. The summed E-state index contributed by atoms with van der Waals surface area (Å²) in [5.41, 5.74) is 3.57. The monoisotopic (exact) mass is 297 g/mol. The molecule has 7 nitrogen and oxygen atoms in total. The van der Waals surface area contributed by atoms with Crippen LogP contribution >= 0.6 is 22.9 Å². The Labute approximate surface area is 119 Å². The van der Waals surface area contributed by atoms with Crippen LogP contribution in [0.3, 0.4) is 0 Å². The van der Waals surface area contributed by atoms with Gasteiger partial charge in [0.1, 0.15) is 10.7 Å². The number of piperazine rings is 1. The molecule has 1 saturated heterocycles. The zero-order chi connectivity index (χ0) is 13.1. The van der Waals surface area contributed by atoms with Gasteiger partial charge >= 0.3 is 0 Å². The standard InChI is InChI=1S/C10H15N7S2/c11-13-9-8(14-15-19-9)7-16-2-4-17(5-3-16)10-12-1-6-18-10/h1,6,13H,2-5,7,11H2. The minimum Gasteiger partial charge on any atom is -0.346 e. The van der Waals surface area contributed by atoms with Gasteiger partial charge in [-0.3, -0.25) is 4.90 Å². The fraction of sp³-hybridized carbons (Fsp3) is 0.500. The van der Waals surface area contributed by atoms with Crippen molar-refractivity contribution in [3.8, 4) is 0 Å². The highest BCUT2D eigenvalue weighted by Gasteiger charge is 2.20. The Morgan fingerprint density at radius 3 is 2.84 bits per heavy atom. The molecule has 0 spiro atoms. The zero-order valence-electron chi connectivity index (χ0n) is 10.3. The molecule has 0 bridgehead atoms. The number of aromatic nitrogens is 3. The molecule has 0 aliphatic carbocycles. The van der Waals surface area contributed by atoms with Gasteiger partial charge in [-0.1, -0.05) is 4.49 Å². The van der Waals surface area contributed by atoms with Gasteiger partial charge in [-0.15, -0.1) is 16.4 Å². The summed E-state index contributed by atoms with van der Waals surface area (Å²) in [6.07, 6.45) is 1.85. The number of anilines is 2. The predicted octanol–water partition coefficient (Wildman–Crippen LogP) is 0.602. The quantitative estimate of drug-likeness (QED) is 0.631.